The number of hydrogen-bond acceptors (Lipinski definition) is 5. The molecule has 1 aliphatic heterocycles. The first-order chi connectivity index (χ1) is 11.2. The van der Waals surface area contributed by atoms with Crippen molar-refractivity contribution in [1.29, 1.82) is 0 Å². The van der Waals surface area contributed by atoms with Crippen LogP contribution in [0.15, 0.2) is 47.4 Å². The molecule has 1 amide bonds. The Labute approximate surface area is 132 Å². The number of amides is 1. The van der Waals surface area contributed by atoms with Crippen LogP contribution in [-0.2, 0) is 6.42 Å². The zero-order valence-electron chi connectivity index (χ0n) is 12.6. The fraction of sp³-hybridized carbons (Fsp3) is 0.176. The second-order valence-electron chi connectivity index (χ2n) is 5.47. The van der Waals surface area contributed by atoms with E-state index in [2.05, 4.69) is 21.2 Å². The van der Waals surface area contributed by atoms with Crippen molar-refractivity contribution in [1.82, 2.24) is 15.1 Å². The van der Waals surface area contributed by atoms with E-state index >= 15 is 0 Å². The van der Waals surface area contributed by atoms with Crippen molar-refractivity contribution in [3.8, 4) is 11.3 Å². The molecule has 0 bridgehead atoms. The standard InChI is InChI=1S/C17H14N4O2/c1-11-8-16(23-20-11)13-2-3-15-12(9-13)4-7-21(15)17(22)14-10-18-5-6-19-14/h2-3,5-6,8-10H,4,7H2,1H3. The van der Waals surface area contributed by atoms with Crippen LogP contribution in [0, 0.1) is 6.92 Å². The van der Waals surface area contributed by atoms with E-state index < -0.39 is 0 Å². The molecule has 0 N–H and O–H groups in total. The number of hydrogen-bond donors (Lipinski definition) is 0. The Kier molecular flexibility index (Phi) is 3.15. The van der Waals surface area contributed by atoms with Crippen LogP contribution >= 0.6 is 0 Å². The molecule has 3 aromatic rings. The summed E-state index contributed by atoms with van der Waals surface area (Å²) in [5, 5.41) is 3.91. The Morgan fingerprint density at radius 3 is 2.91 bits per heavy atom. The first-order valence-corrected chi connectivity index (χ1v) is 7.37. The van der Waals surface area contributed by atoms with Crippen molar-refractivity contribution in [2.45, 2.75) is 13.3 Å². The molecular formula is C17H14N4O2. The lowest BCUT2D eigenvalue weighted by Gasteiger charge is -2.16. The van der Waals surface area contributed by atoms with E-state index in [4.69, 9.17) is 4.52 Å². The molecule has 3 heterocycles. The van der Waals surface area contributed by atoms with Gasteiger partial charge >= 0.3 is 0 Å². The lowest BCUT2D eigenvalue weighted by molar-refractivity contribution is 0.0984. The van der Waals surface area contributed by atoms with Crippen molar-refractivity contribution in [2.24, 2.45) is 0 Å². The van der Waals surface area contributed by atoms with Gasteiger partial charge in [0.05, 0.1) is 11.9 Å². The van der Waals surface area contributed by atoms with Crippen molar-refractivity contribution >= 4 is 11.6 Å². The molecule has 0 spiro atoms. The number of anilines is 1. The SMILES string of the molecule is Cc1cc(-c2ccc3c(c2)CCN3C(=O)c2cnccn2)on1. The fourth-order valence-corrected chi connectivity index (χ4v) is 2.81. The van der Waals surface area contributed by atoms with Crippen molar-refractivity contribution < 1.29 is 9.32 Å². The number of aryl methyl sites for hydroxylation is 1. The Morgan fingerprint density at radius 1 is 1.26 bits per heavy atom. The van der Waals surface area contributed by atoms with E-state index in [0.29, 0.717) is 12.2 Å². The third-order valence-electron chi connectivity index (χ3n) is 3.91. The van der Waals surface area contributed by atoms with Gasteiger partial charge in [0.15, 0.2) is 5.76 Å². The molecule has 114 valence electrons. The number of benzene rings is 1. The first-order valence-electron chi connectivity index (χ1n) is 7.37. The summed E-state index contributed by atoms with van der Waals surface area (Å²) >= 11 is 0. The van der Waals surface area contributed by atoms with Crippen LogP contribution in [0.2, 0.25) is 0 Å². The third kappa shape index (κ3) is 2.38. The quantitative estimate of drug-likeness (QED) is 0.728. The summed E-state index contributed by atoms with van der Waals surface area (Å²) in [6.45, 7) is 2.53. The molecule has 6 heteroatoms. The number of nitrogens with zero attached hydrogens (tertiary/aromatic N) is 4. The highest BCUT2D eigenvalue weighted by atomic mass is 16.5. The van der Waals surface area contributed by atoms with E-state index in [-0.39, 0.29) is 5.91 Å². The maximum absolute atomic E-state index is 12.6. The molecule has 2 aromatic heterocycles. The number of carbonyl (C=O) groups is 1. The summed E-state index contributed by atoms with van der Waals surface area (Å²) in [5.41, 5.74) is 4.21. The molecule has 0 saturated heterocycles. The first kappa shape index (κ1) is 13.6. The van der Waals surface area contributed by atoms with Gasteiger partial charge in [0.2, 0.25) is 0 Å². The maximum Gasteiger partial charge on any atom is 0.278 e. The molecule has 0 fully saturated rings. The Balaban J connectivity index is 1.66. The van der Waals surface area contributed by atoms with E-state index in [1.54, 1.807) is 11.1 Å². The highest BCUT2D eigenvalue weighted by Gasteiger charge is 2.27. The minimum atomic E-state index is -0.125. The van der Waals surface area contributed by atoms with Crippen LogP contribution < -0.4 is 4.90 Å². The monoisotopic (exact) mass is 306 g/mol. The van der Waals surface area contributed by atoms with Gasteiger partial charge in [-0.05, 0) is 37.1 Å². The summed E-state index contributed by atoms with van der Waals surface area (Å²) in [4.78, 5) is 22.4. The Hall–Kier alpha value is -3.02. The van der Waals surface area contributed by atoms with Gasteiger partial charge < -0.3 is 9.42 Å². The molecule has 1 aromatic carbocycles. The average molecular weight is 306 g/mol. The smallest absolute Gasteiger partial charge is 0.278 e. The van der Waals surface area contributed by atoms with E-state index in [0.717, 1.165) is 34.7 Å². The number of fused-ring (bicyclic) bond motifs is 1. The average Bonchev–Trinajstić information content (AvgIpc) is 3.20. The molecule has 23 heavy (non-hydrogen) atoms. The highest BCUT2D eigenvalue weighted by Crippen LogP contribution is 2.33. The van der Waals surface area contributed by atoms with Gasteiger partial charge in [-0.1, -0.05) is 5.16 Å². The van der Waals surface area contributed by atoms with Gasteiger partial charge in [0, 0.05) is 36.3 Å². The summed E-state index contributed by atoms with van der Waals surface area (Å²) in [6.07, 6.45) is 5.38. The number of carbonyl (C=O) groups excluding carboxylic acids is 1. The van der Waals surface area contributed by atoms with Crippen molar-refractivity contribution in [3.63, 3.8) is 0 Å². The minimum absolute atomic E-state index is 0.125. The maximum atomic E-state index is 12.6. The minimum Gasteiger partial charge on any atom is -0.356 e. The Bertz CT molecular complexity index is 873. The molecule has 4 rings (SSSR count). The summed E-state index contributed by atoms with van der Waals surface area (Å²) in [5.74, 6) is 0.615. The molecule has 0 unspecified atom stereocenters. The van der Waals surface area contributed by atoms with Crippen LogP contribution in [-0.4, -0.2) is 27.6 Å². The second-order valence-corrected chi connectivity index (χ2v) is 5.47. The van der Waals surface area contributed by atoms with Crippen LogP contribution in [0.4, 0.5) is 5.69 Å². The van der Waals surface area contributed by atoms with Crippen molar-refractivity contribution in [3.05, 3.63) is 59.8 Å². The molecule has 0 radical (unpaired) electrons. The van der Waals surface area contributed by atoms with Crippen LogP contribution in [0.5, 0.6) is 0 Å². The molecule has 0 saturated carbocycles. The Morgan fingerprint density at radius 2 is 2.17 bits per heavy atom. The zero-order valence-corrected chi connectivity index (χ0v) is 12.6. The summed E-state index contributed by atoms with van der Waals surface area (Å²) in [7, 11) is 0. The van der Waals surface area contributed by atoms with Gasteiger partial charge in [0.25, 0.3) is 5.91 Å². The molecular weight excluding hydrogens is 292 g/mol. The summed E-state index contributed by atoms with van der Waals surface area (Å²) < 4.78 is 5.30. The van der Waals surface area contributed by atoms with Gasteiger partial charge in [0.1, 0.15) is 5.69 Å². The lowest BCUT2D eigenvalue weighted by atomic mass is 10.1. The largest absolute Gasteiger partial charge is 0.356 e. The van der Waals surface area contributed by atoms with Crippen molar-refractivity contribution in [2.75, 3.05) is 11.4 Å². The van der Waals surface area contributed by atoms with E-state index in [1.165, 1.54) is 12.4 Å². The highest BCUT2D eigenvalue weighted by molar-refractivity contribution is 6.06. The zero-order chi connectivity index (χ0) is 15.8. The van der Waals surface area contributed by atoms with Gasteiger partial charge in [-0.3, -0.25) is 9.78 Å². The molecule has 1 aliphatic rings. The normalized spacial score (nSPS) is 13.2. The third-order valence-corrected chi connectivity index (χ3v) is 3.91. The van der Waals surface area contributed by atoms with Gasteiger partial charge in [-0.15, -0.1) is 0 Å². The van der Waals surface area contributed by atoms with Crippen LogP contribution in [0.25, 0.3) is 11.3 Å². The number of aromatic nitrogens is 3. The molecule has 6 nitrogen and oxygen atoms in total. The fourth-order valence-electron chi connectivity index (χ4n) is 2.81. The van der Waals surface area contributed by atoms with E-state index in [9.17, 15) is 4.79 Å². The van der Waals surface area contributed by atoms with Gasteiger partial charge in [-0.25, -0.2) is 4.98 Å². The summed E-state index contributed by atoms with van der Waals surface area (Å²) in [6, 6.07) is 7.85. The lowest BCUT2D eigenvalue weighted by Crippen LogP contribution is -2.29. The predicted octanol–water partition coefficient (Wildman–Crippen LogP) is 2.64. The topological polar surface area (TPSA) is 72.1 Å². The van der Waals surface area contributed by atoms with Crippen LogP contribution in [0.3, 0.4) is 0 Å². The van der Waals surface area contributed by atoms with Gasteiger partial charge in [-0.2, -0.15) is 0 Å². The molecule has 0 atom stereocenters. The van der Waals surface area contributed by atoms with Crippen LogP contribution in [0.1, 0.15) is 21.7 Å². The predicted molar refractivity (Wildman–Crippen MR) is 84.1 cm³/mol. The second kappa shape index (κ2) is 5.31. The molecule has 0 aliphatic carbocycles. The number of rotatable bonds is 2. The van der Waals surface area contributed by atoms with E-state index in [1.807, 2.05) is 25.1 Å².